The molecule has 3 nitrogen and oxygen atoms in total. The molecule has 3 heteroatoms. The molecule has 0 aliphatic heterocycles. The Kier molecular flexibility index (Phi) is 4.15. The molecule has 0 amide bonds. The van der Waals surface area contributed by atoms with Crippen molar-refractivity contribution < 1.29 is 0 Å². The molecular weight excluding hydrogens is 222 g/mol. The first kappa shape index (κ1) is 12.8. The lowest BCUT2D eigenvalue weighted by Gasteiger charge is -2.12. The van der Waals surface area contributed by atoms with Gasteiger partial charge >= 0.3 is 0 Å². The van der Waals surface area contributed by atoms with Crippen molar-refractivity contribution in [2.45, 2.75) is 26.8 Å². The Labute approximate surface area is 109 Å². The van der Waals surface area contributed by atoms with Gasteiger partial charge < -0.3 is 5.32 Å². The van der Waals surface area contributed by atoms with Gasteiger partial charge in [0.05, 0.1) is 5.69 Å². The van der Waals surface area contributed by atoms with Gasteiger partial charge in [-0.05, 0) is 37.6 Å². The zero-order chi connectivity index (χ0) is 13.0. The lowest BCUT2D eigenvalue weighted by Crippen LogP contribution is -2.14. The van der Waals surface area contributed by atoms with Gasteiger partial charge in [0.25, 0.3) is 0 Å². The van der Waals surface area contributed by atoms with Crippen LogP contribution in [0.25, 0.3) is 11.3 Å². The summed E-state index contributed by atoms with van der Waals surface area (Å²) >= 11 is 0. The van der Waals surface area contributed by atoms with Crippen molar-refractivity contribution in [3.05, 3.63) is 41.6 Å². The van der Waals surface area contributed by atoms with E-state index in [-0.39, 0.29) is 0 Å². The van der Waals surface area contributed by atoms with Gasteiger partial charge in [-0.15, -0.1) is 0 Å². The van der Waals surface area contributed by atoms with Crippen molar-refractivity contribution in [1.29, 1.82) is 0 Å². The van der Waals surface area contributed by atoms with E-state index in [9.17, 15) is 0 Å². The van der Waals surface area contributed by atoms with Gasteiger partial charge in [0.1, 0.15) is 0 Å². The SMILES string of the molecule is CCCNCc1ccc(C)cc1-c1ccnn1C. The number of hydrogen-bond acceptors (Lipinski definition) is 2. The average Bonchev–Trinajstić information content (AvgIpc) is 2.77. The molecule has 0 atom stereocenters. The van der Waals surface area contributed by atoms with E-state index in [0.29, 0.717) is 0 Å². The van der Waals surface area contributed by atoms with Crippen molar-refractivity contribution in [2.24, 2.45) is 7.05 Å². The van der Waals surface area contributed by atoms with E-state index in [2.05, 4.69) is 48.5 Å². The molecule has 1 aromatic carbocycles. The quantitative estimate of drug-likeness (QED) is 0.818. The molecule has 0 fully saturated rings. The van der Waals surface area contributed by atoms with Crippen LogP contribution in [0.3, 0.4) is 0 Å². The van der Waals surface area contributed by atoms with Gasteiger partial charge in [-0.2, -0.15) is 5.10 Å². The highest BCUT2D eigenvalue weighted by Crippen LogP contribution is 2.24. The standard InChI is InChI=1S/C15H21N3/c1-4-8-16-11-13-6-5-12(2)10-14(13)15-7-9-17-18(15)3/h5-7,9-10,16H,4,8,11H2,1-3H3. The number of nitrogens with zero attached hydrogens (tertiary/aromatic N) is 2. The molecule has 96 valence electrons. The van der Waals surface area contributed by atoms with Crippen molar-refractivity contribution >= 4 is 0 Å². The van der Waals surface area contributed by atoms with Crippen LogP contribution in [0, 0.1) is 6.92 Å². The van der Waals surface area contributed by atoms with Crippen LogP contribution in [0.2, 0.25) is 0 Å². The molecule has 0 saturated heterocycles. The van der Waals surface area contributed by atoms with Gasteiger partial charge in [0.2, 0.25) is 0 Å². The predicted molar refractivity (Wildman–Crippen MR) is 75.4 cm³/mol. The Morgan fingerprint density at radius 2 is 2.11 bits per heavy atom. The van der Waals surface area contributed by atoms with Crippen LogP contribution in [-0.2, 0) is 13.6 Å². The normalized spacial score (nSPS) is 10.8. The van der Waals surface area contributed by atoms with Gasteiger partial charge in [-0.1, -0.05) is 24.6 Å². The molecule has 18 heavy (non-hydrogen) atoms. The Bertz CT molecular complexity index is 514. The number of nitrogens with one attached hydrogen (secondary N) is 1. The number of aryl methyl sites for hydroxylation is 2. The summed E-state index contributed by atoms with van der Waals surface area (Å²) in [5, 5.41) is 7.72. The minimum Gasteiger partial charge on any atom is -0.313 e. The van der Waals surface area contributed by atoms with E-state index in [1.54, 1.807) is 0 Å². The molecule has 2 aromatic rings. The smallest absolute Gasteiger partial charge is 0.0682 e. The molecule has 0 unspecified atom stereocenters. The van der Waals surface area contributed by atoms with Crippen LogP contribution < -0.4 is 5.32 Å². The fourth-order valence-electron chi connectivity index (χ4n) is 2.12. The van der Waals surface area contributed by atoms with Gasteiger partial charge in [0.15, 0.2) is 0 Å². The van der Waals surface area contributed by atoms with Crippen LogP contribution in [-0.4, -0.2) is 16.3 Å². The minimum absolute atomic E-state index is 0.911. The van der Waals surface area contributed by atoms with E-state index >= 15 is 0 Å². The first-order valence-corrected chi connectivity index (χ1v) is 6.51. The zero-order valence-electron chi connectivity index (χ0n) is 11.4. The highest BCUT2D eigenvalue weighted by molar-refractivity contribution is 5.64. The van der Waals surface area contributed by atoms with Crippen LogP contribution in [0.1, 0.15) is 24.5 Å². The summed E-state index contributed by atoms with van der Waals surface area (Å²) in [4.78, 5) is 0. The predicted octanol–water partition coefficient (Wildman–Crippen LogP) is 2.90. The van der Waals surface area contributed by atoms with E-state index in [1.165, 1.54) is 22.4 Å². The van der Waals surface area contributed by atoms with E-state index in [0.717, 1.165) is 19.5 Å². The third-order valence-electron chi connectivity index (χ3n) is 3.10. The Morgan fingerprint density at radius 3 is 2.78 bits per heavy atom. The fraction of sp³-hybridized carbons (Fsp3) is 0.400. The number of aromatic nitrogens is 2. The van der Waals surface area contributed by atoms with Gasteiger partial charge in [0, 0.05) is 25.4 Å². The van der Waals surface area contributed by atoms with Crippen LogP contribution in [0.4, 0.5) is 0 Å². The largest absolute Gasteiger partial charge is 0.313 e. The molecule has 0 aliphatic rings. The molecule has 0 radical (unpaired) electrons. The first-order valence-electron chi connectivity index (χ1n) is 6.51. The lowest BCUT2D eigenvalue weighted by atomic mass is 10.0. The summed E-state index contributed by atoms with van der Waals surface area (Å²) in [7, 11) is 1.99. The average molecular weight is 243 g/mol. The maximum Gasteiger partial charge on any atom is 0.0682 e. The van der Waals surface area contributed by atoms with E-state index in [4.69, 9.17) is 0 Å². The molecule has 0 saturated carbocycles. The first-order chi connectivity index (χ1) is 8.72. The third kappa shape index (κ3) is 2.79. The third-order valence-corrected chi connectivity index (χ3v) is 3.10. The maximum absolute atomic E-state index is 4.26. The van der Waals surface area contributed by atoms with Crippen LogP contribution in [0.5, 0.6) is 0 Å². The van der Waals surface area contributed by atoms with Crippen molar-refractivity contribution in [3.63, 3.8) is 0 Å². The summed E-state index contributed by atoms with van der Waals surface area (Å²) in [6.45, 7) is 6.28. The number of rotatable bonds is 5. The van der Waals surface area contributed by atoms with Crippen LogP contribution in [0.15, 0.2) is 30.5 Å². The maximum atomic E-state index is 4.26. The molecule has 2 rings (SSSR count). The second-order valence-electron chi connectivity index (χ2n) is 4.68. The van der Waals surface area contributed by atoms with Crippen LogP contribution >= 0.6 is 0 Å². The highest BCUT2D eigenvalue weighted by Gasteiger charge is 2.08. The molecule has 1 N–H and O–H groups in total. The molecule has 0 bridgehead atoms. The van der Waals surface area contributed by atoms with Crippen molar-refractivity contribution in [1.82, 2.24) is 15.1 Å². The second kappa shape index (κ2) is 5.83. The summed E-state index contributed by atoms with van der Waals surface area (Å²) in [6.07, 6.45) is 3.01. The summed E-state index contributed by atoms with van der Waals surface area (Å²) in [5.74, 6) is 0. The lowest BCUT2D eigenvalue weighted by molar-refractivity contribution is 0.675. The summed E-state index contributed by atoms with van der Waals surface area (Å²) in [5.41, 5.74) is 5.06. The number of hydrogen-bond donors (Lipinski definition) is 1. The molecular formula is C15H21N3. The summed E-state index contributed by atoms with van der Waals surface area (Å²) < 4.78 is 1.93. The fourth-order valence-corrected chi connectivity index (χ4v) is 2.12. The molecule has 0 aliphatic carbocycles. The topological polar surface area (TPSA) is 29.9 Å². The van der Waals surface area contributed by atoms with Gasteiger partial charge in [-0.25, -0.2) is 0 Å². The highest BCUT2D eigenvalue weighted by atomic mass is 15.3. The number of benzene rings is 1. The summed E-state index contributed by atoms with van der Waals surface area (Å²) in [6, 6.07) is 8.68. The molecule has 1 heterocycles. The minimum atomic E-state index is 0.911. The Hall–Kier alpha value is -1.61. The molecule has 1 aromatic heterocycles. The van der Waals surface area contributed by atoms with E-state index in [1.807, 2.05) is 17.9 Å². The van der Waals surface area contributed by atoms with Crippen molar-refractivity contribution in [2.75, 3.05) is 6.54 Å². The Balaban J connectivity index is 2.32. The molecule has 0 spiro atoms. The second-order valence-corrected chi connectivity index (χ2v) is 4.68. The Morgan fingerprint density at radius 1 is 1.28 bits per heavy atom. The van der Waals surface area contributed by atoms with E-state index < -0.39 is 0 Å². The monoisotopic (exact) mass is 243 g/mol. The zero-order valence-corrected chi connectivity index (χ0v) is 11.4. The van der Waals surface area contributed by atoms with Gasteiger partial charge in [-0.3, -0.25) is 4.68 Å². The van der Waals surface area contributed by atoms with Crippen molar-refractivity contribution in [3.8, 4) is 11.3 Å².